The Balaban J connectivity index is 3.05. The number of hydrogen-bond acceptors (Lipinski definition) is 3. The van der Waals surface area contributed by atoms with Crippen molar-refractivity contribution in [3.8, 4) is 0 Å². The Kier molecular flexibility index (Phi) is 3.57. The molecule has 6 heteroatoms. The summed E-state index contributed by atoms with van der Waals surface area (Å²) in [7, 11) is 0. The van der Waals surface area contributed by atoms with Crippen molar-refractivity contribution < 1.29 is 9.90 Å². The Morgan fingerprint density at radius 3 is 2.60 bits per heavy atom. The molecule has 0 unspecified atom stereocenters. The second kappa shape index (κ2) is 4.37. The number of carbonyl (C=O) groups is 1. The summed E-state index contributed by atoms with van der Waals surface area (Å²) in [5.74, 6) is 0.356. The van der Waals surface area contributed by atoms with Gasteiger partial charge in [-0.1, -0.05) is 0 Å². The van der Waals surface area contributed by atoms with Crippen molar-refractivity contribution in [2.45, 2.75) is 32.2 Å². The summed E-state index contributed by atoms with van der Waals surface area (Å²) in [6.07, 6.45) is 0.604. The first-order valence-electron chi connectivity index (χ1n) is 4.40. The van der Waals surface area contributed by atoms with Crippen LogP contribution in [0, 0.1) is 0 Å². The first kappa shape index (κ1) is 12.3. The molecule has 1 amide bonds. The summed E-state index contributed by atoms with van der Waals surface area (Å²) < 4.78 is 0. The first-order chi connectivity index (χ1) is 6.86. The lowest BCUT2D eigenvalue weighted by Crippen LogP contribution is -2.45. The Bertz CT molecular complexity index is 359. The molecule has 84 valence electrons. The van der Waals surface area contributed by atoms with E-state index >= 15 is 0 Å². The molecule has 1 N–H and O–H groups in total. The van der Waals surface area contributed by atoms with Gasteiger partial charge in [0.2, 0.25) is 0 Å². The molecule has 0 spiro atoms. The highest BCUT2D eigenvalue weighted by Crippen LogP contribution is 2.29. The number of amides is 1. The van der Waals surface area contributed by atoms with Gasteiger partial charge in [0.15, 0.2) is 5.13 Å². The van der Waals surface area contributed by atoms with E-state index in [4.69, 9.17) is 16.7 Å². The molecule has 0 aliphatic carbocycles. The standard InChI is InChI=1S/C9H13ClN2O2S/c1-9(2,3)12(8(13)14)7-11-5-6(4-10)15-7/h5H,4H2,1-3H3,(H,13,14). The lowest BCUT2D eigenvalue weighted by Gasteiger charge is -2.30. The van der Waals surface area contributed by atoms with Crippen LogP contribution >= 0.6 is 22.9 Å². The van der Waals surface area contributed by atoms with Crippen LogP contribution in [0.1, 0.15) is 25.6 Å². The molecule has 0 fully saturated rings. The molecule has 1 rings (SSSR count). The first-order valence-corrected chi connectivity index (χ1v) is 5.75. The summed E-state index contributed by atoms with van der Waals surface area (Å²) in [6, 6.07) is 0. The van der Waals surface area contributed by atoms with Gasteiger partial charge >= 0.3 is 6.09 Å². The molecule has 15 heavy (non-hydrogen) atoms. The van der Waals surface area contributed by atoms with Crippen molar-refractivity contribution in [1.29, 1.82) is 0 Å². The Morgan fingerprint density at radius 1 is 1.67 bits per heavy atom. The lowest BCUT2D eigenvalue weighted by atomic mass is 10.1. The minimum absolute atomic E-state index is 0.356. The van der Waals surface area contributed by atoms with E-state index in [-0.39, 0.29) is 0 Å². The van der Waals surface area contributed by atoms with Crippen LogP contribution in [0.4, 0.5) is 9.93 Å². The maximum atomic E-state index is 11.1. The molecule has 0 radical (unpaired) electrons. The molecule has 0 saturated carbocycles. The van der Waals surface area contributed by atoms with E-state index in [0.717, 1.165) is 4.88 Å². The Hall–Kier alpha value is -0.810. The zero-order valence-electron chi connectivity index (χ0n) is 8.82. The molecule has 0 aromatic carbocycles. The van der Waals surface area contributed by atoms with Gasteiger partial charge in [-0.3, -0.25) is 0 Å². The average Bonchev–Trinajstić information content (AvgIpc) is 2.49. The predicted molar refractivity (Wildman–Crippen MR) is 61.9 cm³/mol. The number of halogens is 1. The van der Waals surface area contributed by atoms with Crippen LogP contribution in [0.15, 0.2) is 6.20 Å². The molecular formula is C9H13ClN2O2S. The second-order valence-electron chi connectivity index (χ2n) is 4.03. The highest BCUT2D eigenvalue weighted by Gasteiger charge is 2.30. The maximum absolute atomic E-state index is 11.1. The molecule has 0 bridgehead atoms. The summed E-state index contributed by atoms with van der Waals surface area (Å²) in [5, 5.41) is 9.57. The largest absolute Gasteiger partial charge is 0.465 e. The number of anilines is 1. The van der Waals surface area contributed by atoms with Gasteiger partial charge in [-0.2, -0.15) is 0 Å². The topological polar surface area (TPSA) is 53.4 Å². The molecule has 1 aromatic rings. The van der Waals surface area contributed by atoms with Gasteiger partial charge in [-0.25, -0.2) is 14.7 Å². The minimum Gasteiger partial charge on any atom is -0.465 e. The van der Waals surface area contributed by atoms with Gasteiger partial charge in [0.05, 0.1) is 5.88 Å². The smallest absolute Gasteiger partial charge is 0.414 e. The summed E-state index contributed by atoms with van der Waals surface area (Å²) >= 11 is 6.94. The molecule has 0 aliphatic rings. The summed E-state index contributed by atoms with van der Waals surface area (Å²) in [5.41, 5.74) is -0.507. The molecule has 0 atom stereocenters. The van der Waals surface area contributed by atoms with Gasteiger partial charge in [0, 0.05) is 16.6 Å². The van der Waals surface area contributed by atoms with E-state index in [2.05, 4.69) is 4.98 Å². The number of carboxylic acid groups (broad SMARTS) is 1. The van der Waals surface area contributed by atoms with Gasteiger partial charge in [-0.05, 0) is 20.8 Å². The van der Waals surface area contributed by atoms with E-state index < -0.39 is 11.6 Å². The van der Waals surface area contributed by atoms with Crippen LogP contribution in [-0.4, -0.2) is 21.7 Å². The van der Waals surface area contributed by atoms with Crippen molar-refractivity contribution in [3.05, 3.63) is 11.1 Å². The molecule has 4 nitrogen and oxygen atoms in total. The SMILES string of the molecule is CC(C)(C)N(C(=O)O)c1ncc(CCl)s1. The van der Waals surface area contributed by atoms with E-state index in [1.54, 1.807) is 6.20 Å². The van der Waals surface area contributed by atoms with Crippen molar-refractivity contribution in [2.75, 3.05) is 4.90 Å². The van der Waals surface area contributed by atoms with E-state index in [1.807, 2.05) is 20.8 Å². The molecule has 0 aliphatic heterocycles. The third-order valence-corrected chi connectivity index (χ3v) is 3.16. The van der Waals surface area contributed by atoms with Crippen LogP contribution < -0.4 is 4.90 Å². The van der Waals surface area contributed by atoms with E-state index in [0.29, 0.717) is 11.0 Å². The predicted octanol–water partition coefficient (Wildman–Crippen LogP) is 3.16. The average molecular weight is 249 g/mol. The second-order valence-corrected chi connectivity index (χ2v) is 5.39. The highest BCUT2D eigenvalue weighted by molar-refractivity contribution is 7.16. The van der Waals surface area contributed by atoms with E-state index in [9.17, 15) is 4.79 Å². The third-order valence-electron chi connectivity index (χ3n) is 1.73. The zero-order valence-corrected chi connectivity index (χ0v) is 10.4. The van der Waals surface area contributed by atoms with Crippen molar-refractivity contribution in [2.24, 2.45) is 0 Å². The van der Waals surface area contributed by atoms with Crippen LogP contribution in [0.3, 0.4) is 0 Å². The fourth-order valence-electron chi connectivity index (χ4n) is 1.12. The minimum atomic E-state index is -1.00. The number of rotatable bonds is 2. The normalized spacial score (nSPS) is 11.5. The number of thiazole rings is 1. The van der Waals surface area contributed by atoms with Crippen LogP contribution in [0.25, 0.3) is 0 Å². The molecule has 0 saturated heterocycles. The molecule has 1 heterocycles. The van der Waals surface area contributed by atoms with Crippen molar-refractivity contribution in [3.63, 3.8) is 0 Å². The molecular weight excluding hydrogens is 236 g/mol. The van der Waals surface area contributed by atoms with Gasteiger partial charge in [0.1, 0.15) is 0 Å². The zero-order chi connectivity index (χ0) is 11.6. The van der Waals surface area contributed by atoms with Crippen LogP contribution in [0.2, 0.25) is 0 Å². The van der Waals surface area contributed by atoms with Crippen molar-refractivity contribution >= 4 is 34.2 Å². The van der Waals surface area contributed by atoms with Gasteiger partial charge in [-0.15, -0.1) is 22.9 Å². The van der Waals surface area contributed by atoms with Crippen molar-refractivity contribution in [1.82, 2.24) is 4.98 Å². The van der Waals surface area contributed by atoms with Gasteiger partial charge in [0.25, 0.3) is 0 Å². The maximum Gasteiger partial charge on any atom is 0.414 e. The Labute approximate surface area is 97.5 Å². The molecule has 1 aromatic heterocycles. The third kappa shape index (κ3) is 2.82. The highest BCUT2D eigenvalue weighted by atomic mass is 35.5. The summed E-state index contributed by atoms with van der Waals surface area (Å²) in [4.78, 5) is 17.3. The number of hydrogen-bond donors (Lipinski definition) is 1. The van der Waals surface area contributed by atoms with Crippen LogP contribution in [0.5, 0.6) is 0 Å². The summed E-state index contributed by atoms with van der Waals surface area (Å²) in [6.45, 7) is 5.47. The Morgan fingerprint density at radius 2 is 2.27 bits per heavy atom. The lowest BCUT2D eigenvalue weighted by molar-refractivity contribution is 0.195. The number of nitrogens with zero attached hydrogens (tertiary/aromatic N) is 2. The van der Waals surface area contributed by atoms with Crippen LogP contribution in [-0.2, 0) is 5.88 Å². The number of aromatic nitrogens is 1. The monoisotopic (exact) mass is 248 g/mol. The quantitative estimate of drug-likeness (QED) is 0.818. The fraction of sp³-hybridized carbons (Fsp3) is 0.556. The van der Waals surface area contributed by atoms with Gasteiger partial charge < -0.3 is 5.11 Å². The fourth-order valence-corrected chi connectivity index (χ4v) is 2.29. The van der Waals surface area contributed by atoms with E-state index in [1.165, 1.54) is 16.2 Å². The number of alkyl halides is 1.